The summed E-state index contributed by atoms with van der Waals surface area (Å²) in [5.41, 5.74) is 6.80. The maximum absolute atomic E-state index is 12.6. The van der Waals surface area contributed by atoms with Gasteiger partial charge in [-0.3, -0.25) is 4.79 Å². The lowest BCUT2D eigenvalue weighted by Gasteiger charge is -2.16. The fourth-order valence-electron chi connectivity index (χ4n) is 2.44. The van der Waals surface area contributed by atoms with Gasteiger partial charge in [-0.1, -0.05) is 29.5 Å². The van der Waals surface area contributed by atoms with Crippen LogP contribution in [0.2, 0.25) is 0 Å². The third-order valence-electron chi connectivity index (χ3n) is 3.66. The third-order valence-corrected chi connectivity index (χ3v) is 4.78. The van der Waals surface area contributed by atoms with Crippen LogP contribution in [0.15, 0.2) is 30.3 Å². The average Bonchev–Trinajstić information content (AvgIpc) is 3.16. The number of amides is 1. The number of hydrogen-bond acceptors (Lipinski definition) is 5. The van der Waals surface area contributed by atoms with Crippen molar-refractivity contribution < 1.29 is 4.79 Å². The largest absolute Gasteiger partial charge is 0.382 e. The lowest BCUT2D eigenvalue weighted by Crippen LogP contribution is -2.26. The van der Waals surface area contributed by atoms with Gasteiger partial charge in [0.15, 0.2) is 5.13 Å². The molecule has 1 fully saturated rings. The van der Waals surface area contributed by atoms with Gasteiger partial charge < -0.3 is 15.5 Å². The zero-order chi connectivity index (χ0) is 14.8. The number of nitrogens with two attached hydrogens (primary N) is 1. The molecule has 1 amide bonds. The van der Waals surface area contributed by atoms with E-state index in [1.54, 1.807) is 11.9 Å². The highest BCUT2D eigenvalue weighted by atomic mass is 32.1. The van der Waals surface area contributed by atoms with Gasteiger partial charge in [0.05, 0.1) is 0 Å². The summed E-state index contributed by atoms with van der Waals surface area (Å²) in [6.07, 6.45) is 2.35. The summed E-state index contributed by atoms with van der Waals surface area (Å²) in [6, 6.07) is 9.54. The molecule has 0 aliphatic carbocycles. The number of thiazole rings is 1. The van der Waals surface area contributed by atoms with Gasteiger partial charge in [0.1, 0.15) is 10.7 Å². The molecule has 2 heterocycles. The maximum Gasteiger partial charge on any atom is 0.272 e. The Morgan fingerprint density at radius 1 is 1.29 bits per heavy atom. The van der Waals surface area contributed by atoms with Crippen molar-refractivity contribution in [2.24, 2.45) is 0 Å². The molecule has 0 unspecified atom stereocenters. The van der Waals surface area contributed by atoms with Crippen molar-refractivity contribution in [1.82, 2.24) is 4.98 Å². The van der Waals surface area contributed by atoms with Crippen LogP contribution < -0.4 is 15.5 Å². The fraction of sp³-hybridized carbons (Fsp3) is 0.333. The van der Waals surface area contributed by atoms with E-state index in [2.05, 4.69) is 9.88 Å². The van der Waals surface area contributed by atoms with E-state index >= 15 is 0 Å². The number of anilines is 3. The van der Waals surface area contributed by atoms with Crippen LogP contribution in [0, 0.1) is 0 Å². The SMILES string of the molecule is CN(C(=O)c1sc(N2CCCC2)nc1N)c1ccccc1. The van der Waals surface area contributed by atoms with Crippen LogP contribution >= 0.6 is 11.3 Å². The minimum Gasteiger partial charge on any atom is -0.382 e. The number of para-hydroxylation sites is 1. The van der Waals surface area contributed by atoms with Crippen LogP contribution in [-0.2, 0) is 0 Å². The lowest BCUT2D eigenvalue weighted by molar-refractivity contribution is 0.0997. The van der Waals surface area contributed by atoms with Gasteiger partial charge in [-0.15, -0.1) is 0 Å². The van der Waals surface area contributed by atoms with Crippen LogP contribution in [-0.4, -0.2) is 31.0 Å². The summed E-state index contributed by atoms with van der Waals surface area (Å²) >= 11 is 1.39. The van der Waals surface area contributed by atoms with Gasteiger partial charge in [0.2, 0.25) is 0 Å². The highest BCUT2D eigenvalue weighted by Crippen LogP contribution is 2.31. The fourth-order valence-corrected chi connectivity index (χ4v) is 3.45. The predicted molar refractivity (Wildman–Crippen MR) is 87.1 cm³/mol. The second-order valence-corrected chi connectivity index (χ2v) is 6.08. The second-order valence-electron chi connectivity index (χ2n) is 5.10. The summed E-state index contributed by atoms with van der Waals surface area (Å²) in [7, 11) is 1.76. The molecule has 5 nitrogen and oxygen atoms in total. The smallest absolute Gasteiger partial charge is 0.272 e. The first kappa shape index (κ1) is 13.9. The molecule has 1 aliphatic rings. The number of nitrogen functional groups attached to an aromatic ring is 1. The summed E-state index contributed by atoms with van der Waals surface area (Å²) < 4.78 is 0. The third kappa shape index (κ3) is 2.71. The van der Waals surface area contributed by atoms with E-state index in [0.29, 0.717) is 10.7 Å². The number of carbonyl (C=O) groups is 1. The van der Waals surface area contributed by atoms with Crippen molar-refractivity contribution in [1.29, 1.82) is 0 Å². The number of aromatic nitrogens is 1. The molecule has 0 atom stereocenters. The predicted octanol–water partition coefficient (Wildman–Crippen LogP) is 2.60. The molecular weight excluding hydrogens is 284 g/mol. The first-order valence-electron chi connectivity index (χ1n) is 7.01. The molecule has 1 saturated heterocycles. The summed E-state index contributed by atoms with van der Waals surface area (Å²) in [5, 5.41) is 0.856. The Labute approximate surface area is 128 Å². The minimum atomic E-state index is -0.110. The van der Waals surface area contributed by atoms with Crippen molar-refractivity contribution in [3.05, 3.63) is 35.2 Å². The lowest BCUT2D eigenvalue weighted by atomic mass is 10.3. The van der Waals surface area contributed by atoms with E-state index < -0.39 is 0 Å². The molecule has 21 heavy (non-hydrogen) atoms. The van der Waals surface area contributed by atoms with E-state index in [0.717, 1.165) is 23.9 Å². The van der Waals surface area contributed by atoms with Crippen LogP contribution in [0.1, 0.15) is 22.5 Å². The van der Waals surface area contributed by atoms with Crippen LogP contribution in [0.3, 0.4) is 0 Å². The number of carbonyl (C=O) groups excluding carboxylic acids is 1. The van der Waals surface area contributed by atoms with Crippen molar-refractivity contribution in [2.45, 2.75) is 12.8 Å². The molecule has 1 aromatic heterocycles. The van der Waals surface area contributed by atoms with Crippen LogP contribution in [0.25, 0.3) is 0 Å². The maximum atomic E-state index is 12.6. The Morgan fingerprint density at radius 3 is 2.62 bits per heavy atom. The van der Waals surface area contributed by atoms with Gasteiger partial charge in [-0.2, -0.15) is 0 Å². The molecule has 3 rings (SSSR count). The van der Waals surface area contributed by atoms with Crippen LogP contribution in [0.5, 0.6) is 0 Å². The summed E-state index contributed by atoms with van der Waals surface area (Å²) in [5.74, 6) is 0.219. The highest BCUT2D eigenvalue weighted by Gasteiger charge is 2.24. The Morgan fingerprint density at radius 2 is 1.95 bits per heavy atom. The Bertz CT molecular complexity index is 634. The molecule has 2 N–H and O–H groups in total. The van der Waals surface area contributed by atoms with Gasteiger partial charge in [-0.05, 0) is 25.0 Å². The van der Waals surface area contributed by atoms with Crippen molar-refractivity contribution in [2.75, 3.05) is 35.7 Å². The van der Waals surface area contributed by atoms with Gasteiger partial charge >= 0.3 is 0 Å². The van der Waals surface area contributed by atoms with Crippen LogP contribution in [0.4, 0.5) is 16.6 Å². The topological polar surface area (TPSA) is 62.5 Å². The zero-order valence-corrected chi connectivity index (χ0v) is 12.8. The molecular formula is C15H18N4OS. The zero-order valence-electron chi connectivity index (χ0n) is 12.0. The number of benzene rings is 1. The molecule has 110 valence electrons. The van der Waals surface area contributed by atoms with E-state index in [9.17, 15) is 4.79 Å². The van der Waals surface area contributed by atoms with E-state index in [-0.39, 0.29) is 5.91 Å². The number of rotatable bonds is 3. The molecule has 0 bridgehead atoms. The average molecular weight is 302 g/mol. The molecule has 6 heteroatoms. The van der Waals surface area contributed by atoms with Crippen molar-refractivity contribution in [3.63, 3.8) is 0 Å². The summed E-state index contributed by atoms with van der Waals surface area (Å²) in [4.78, 5) is 21.3. The van der Waals surface area contributed by atoms with Crippen molar-refractivity contribution in [3.8, 4) is 0 Å². The molecule has 2 aromatic rings. The molecule has 0 spiro atoms. The van der Waals surface area contributed by atoms with E-state index in [1.165, 1.54) is 24.2 Å². The standard InChI is InChI=1S/C15H18N4OS/c1-18(11-7-3-2-4-8-11)14(20)12-13(16)17-15(21-12)19-9-5-6-10-19/h2-4,7-8H,5-6,9-10,16H2,1H3. The Hall–Kier alpha value is -2.08. The monoisotopic (exact) mass is 302 g/mol. The quantitative estimate of drug-likeness (QED) is 0.946. The van der Waals surface area contributed by atoms with E-state index in [4.69, 9.17) is 5.73 Å². The van der Waals surface area contributed by atoms with Crippen molar-refractivity contribution >= 4 is 33.9 Å². The molecule has 1 aliphatic heterocycles. The first-order chi connectivity index (χ1) is 10.2. The Balaban J connectivity index is 1.84. The normalized spacial score (nSPS) is 14.4. The molecule has 0 saturated carbocycles. The second kappa shape index (κ2) is 5.73. The van der Waals surface area contributed by atoms with E-state index in [1.807, 2.05) is 30.3 Å². The number of nitrogens with zero attached hydrogens (tertiary/aromatic N) is 3. The summed E-state index contributed by atoms with van der Waals surface area (Å²) in [6.45, 7) is 1.99. The van der Waals surface area contributed by atoms with Gasteiger partial charge in [-0.25, -0.2) is 4.98 Å². The van der Waals surface area contributed by atoms with Gasteiger partial charge in [0, 0.05) is 25.8 Å². The van der Waals surface area contributed by atoms with Gasteiger partial charge in [0.25, 0.3) is 5.91 Å². The minimum absolute atomic E-state index is 0.110. The highest BCUT2D eigenvalue weighted by molar-refractivity contribution is 7.18. The Kier molecular flexibility index (Phi) is 3.79. The molecule has 0 radical (unpaired) electrons. The first-order valence-corrected chi connectivity index (χ1v) is 7.83. The molecule has 1 aromatic carbocycles. The number of hydrogen-bond donors (Lipinski definition) is 1.